The molecule has 3 aromatic heterocycles. The van der Waals surface area contributed by atoms with Crippen molar-refractivity contribution in [3.05, 3.63) is 29.0 Å². The van der Waals surface area contributed by atoms with Crippen LogP contribution in [0, 0.1) is 0 Å². The van der Waals surface area contributed by atoms with Gasteiger partial charge in [-0.25, -0.2) is 9.48 Å². The van der Waals surface area contributed by atoms with E-state index in [-0.39, 0.29) is 12.2 Å². The number of carbonyl (C=O) groups is 1. The van der Waals surface area contributed by atoms with Gasteiger partial charge in [-0.2, -0.15) is 4.80 Å². The molecule has 3 rings (SSSR count). The maximum atomic E-state index is 11.2. The number of hydrogen-bond donors (Lipinski definition) is 1. The normalized spacial score (nSPS) is 10.8. The Hall–Kier alpha value is -2.62. The molecule has 0 aliphatic rings. The van der Waals surface area contributed by atoms with Crippen molar-refractivity contribution in [3.8, 4) is 10.6 Å². The molecule has 0 fully saturated rings. The first-order valence-corrected chi connectivity index (χ1v) is 6.46. The number of aryl methyl sites for hydroxylation is 1. The SMILES string of the molecule is Cn1nnc(Cn2nnc(C(=O)O)c2-c2cccs2)n1. The van der Waals surface area contributed by atoms with E-state index in [1.807, 2.05) is 17.5 Å². The molecule has 0 atom stereocenters. The molecule has 0 amide bonds. The third-order valence-electron chi connectivity index (χ3n) is 2.53. The van der Waals surface area contributed by atoms with Crippen LogP contribution in [0.1, 0.15) is 16.3 Å². The Kier molecular flexibility index (Phi) is 2.99. The van der Waals surface area contributed by atoms with Gasteiger partial charge in [-0.15, -0.1) is 26.6 Å². The van der Waals surface area contributed by atoms with Gasteiger partial charge in [-0.3, -0.25) is 0 Å². The molecular weight excluding hydrogens is 282 g/mol. The molecular formula is C10H9N7O2S. The molecule has 0 bridgehead atoms. The van der Waals surface area contributed by atoms with Crippen LogP contribution in [0.2, 0.25) is 0 Å². The second-order valence-corrected chi connectivity index (χ2v) is 4.87. The minimum absolute atomic E-state index is 0.0867. The predicted octanol–water partition coefficient (Wildman–Crippen LogP) is 0.277. The van der Waals surface area contributed by atoms with Crippen molar-refractivity contribution in [1.82, 2.24) is 35.2 Å². The van der Waals surface area contributed by atoms with Crippen LogP contribution in [-0.2, 0) is 13.6 Å². The molecule has 3 aromatic rings. The van der Waals surface area contributed by atoms with Crippen molar-refractivity contribution >= 4 is 17.3 Å². The zero-order valence-corrected chi connectivity index (χ0v) is 11.1. The highest BCUT2D eigenvalue weighted by molar-refractivity contribution is 7.13. The van der Waals surface area contributed by atoms with E-state index in [0.717, 1.165) is 4.88 Å². The number of carboxylic acids is 1. The van der Waals surface area contributed by atoms with Gasteiger partial charge in [-0.05, 0) is 16.7 Å². The van der Waals surface area contributed by atoms with E-state index in [1.165, 1.54) is 20.8 Å². The number of aromatic nitrogens is 7. The number of carboxylic acid groups (broad SMARTS) is 1. The van der Waals surface area contributed by atoms with Crippen molar-refractivity contribution in [3.63, 3.8) is 0 Å². The minimum atomic E-state index is -1.12. The summed E-state index contributed by atoms with van der Waals surface area (Å²) in [6.07, 6.45) is 0. The van der Waals surface area contributed by atoms with Gasteiger partial charge in [0.15, 0.2) is 11.5 Å². The Balaban J connectivity index is 2.05. The second kappa shape index (κ2) is 4.81. The Morgan fingerprint density at radius 3 is 2.85 bits per heavy atom. The fraction of sp³-hybridized carbons (Fsp3) is 0.200. The molecule has 20 heavy (non-hydrogen) atoms. The molecule has 0 aliphatic carbocycles. The first kappa shape index (κ1) is 12.4. The summed E-state index contributed by atoms with van der Waals surface area (Å²) in [5, 5.41) is 30.3. The van der Waals surface area contributed by atoms with Crippen LogP contribution < -0.4 is 0 Å². The Morgan fingerprint density at radius 1 is 1.40 bits per heavy atom. The summed E-state index contributed by atoms with van der Waals surface area (Å²) in [6, 6.07) is 3.65. The van der Waals surface area contributed by atoms with Gasteiger partial charge in [0, 0.05) is 0 Å². The number of rotatable bonds is 4. The molecule has 0 aromatic carbocycles. The van der Waals surface area contributed by atoms with Crippen LogP contribution in [0.4, 0.5) is 0 Å². The average molecular weight is 291 g/mol. The third-order valence-corrected chi connectivity index (χ3v) is 3.41. The zero-order valence-electron chi connectivity index (χ0n) is 10.3. The smallest absolute Gasteiger partial charge is 0.358 e. The van der Waals surface area contributed by atoms with Crippen molar-refractivity contribution in [1.29, 1.82) is 0 Å². The van der Waals surface area contributed by atoms with E-state index in [1.54, 1.807) is 7.05 Å². The number of hydrogen-bond acceptors (Lipinski definition) is 7. The fourth-order valence-electron chi connectivity index (χ4n) is 1.75. The molecule has 10 heteroatoms. The molecule has 9 nitrogen and oxygen atoms in total. The van der Waals surface area contributed by atoms with Crippen molar-refractivity contribution in [2.45, 2.75) is 6.54 Å². The monoisotopic (exact) mass is 291 g/mol. The number of aromatic carboxylic acids is 1. The quantitative estimate of drug-likeness (QED) is 0.734. The number of thiophene rings is 1. The molecule has 0 saturated carbocycles. The summed E-state index contributed by atoms with van der Waals surface area (Å²) in [6.45, 7) is 0.210. The maximum absolute atomic E-state index is 11.2. The van der Waals surface area contributed by atoms with E-state index < -0.39 is 5.97 Å². The van der Waals surface area contributed by atoms with Crippen LogP contribution >= 0.6 is 11.3 Å². The van der Waals surface area contributed by atoms with E-state index >= 15 is 0 Å². The van der Waals surface area contributed by atoms with Crippen molar-refractivity contribution < 1.29 is 9.90 Å². The standard InChI is InChI=1S/C10H9N7O2S/c1-16-13-7(11-14-16)5-17-9(6-3-2-4-20-6)8(10(18)19)12-15-17/h2-4H,5H2,1H3,(H,18,19). The van der Waals surface area contributed by atoms with Crippen molar-refractivity contribution in [2.75, 3.05) is 0 Å². The number of nitrogens with zero attached hydrogens (tertiary/aromatic N) is 7. The van der Waals surface area contributed by atoms with Crippen LogP contribution in [0.3, 0.4) is 0 Å². The molecule has 1 N–H and O–H groups in total. The number of tetrazole rings is 1. The first-order valence-electron chi connectivity index (χ1n) is 5.58. The van der Waals surface area contributed by atoms with E-state index in [4.69, 9.17) is 0 Å². The van der Waals surface area contributed by atoms with Gasteiger partial charge < -0.3 is 5.11 Å². The lowest BCUT2D eigenvalue weighted by Crippen LogP contribution is -2.07. The van der Waals surface area contributed by atoms with E-state index in [0.29, 0.717) is 11.5 Å². The van der Waals surface area contributed by atoms with Gasteiger partial charge in [0.2, 0.25) is 0 Å². The predicted molar refractivity (Wildman–Crippen MR) is 68.2 cm³/mol. The highest BCUT2D eigenvalue weighted by Gasteiger charge is 2.22. The van der Waals surface area contributed by atoms with Gasteiger partial charge >= 0.3 is 5.97 Å². The molecule has 102 valence electrons. The summed E-state index contributed by atoms with van der Waals surface area (Å²) in [4.78, 5) is 13.3. The van der Waals surface area contributed by atoms with Gasteiger partial charge in [0.1, 0.15) is 12.2 Å². The van der Waals surface area contributed by atoms with Crippen molar-refractivity contribution in [2.24, 2.45) is 7.05 Å². The largest absolute Gasteiger partial charge is 0.476 e. The maximum Gasteiger partial charge on any atom is 0.358 e. The average Bonchev–Trinajstić information content (AvgIpc) is 3.10. The molecule has 0 aliphatic heterocycles. The lowest BCUT2D eigenvalue weighted by atomic mass is 10.2. The summed E-state index contributed by atoms with van der Waals surface area (Å²) in [7, 11) is 1.65. The highest BCUT2D eigenvalue weighted by atomic mass is 32.1. The molecule has 0 spiro atoms. The Bertz CT molecular complexity index is 746. The molecule has 0 unspecified atom stereocenters. The summed E-state index contributed by atoms with van der Waals surface area (Å²) in [5.74, 6) is -0.682. The Labute approximate surface area is 116 Å². The van der Waals surface area contributed by atoms with Crippen LogP contribution in [0.25, 0.3) is 10.6 Å². The molecule has 3 heterocycles. The van der Waals surface area contributed by atoms with Crippen LogP contribution in [-0.4, -0.2) is 46.3 Å². The second-order valence-electron chi connectivity index (χ2n) is 3.92. The van der Waals surface area contributed by atoms with Crippen LogP contribution in [0.15, 0.2) is 17.5 Å². The lowest BCUT2D eigenvalue weighted by Gasteiger charge is -2.02. The summed E-state index contributed by atoms with van der Waals surface area (Å²) in [5.41, 5.74) is 0.358. The highest BCUT2D eigenvalue weighted by Crippen LogP contribution is 2.27. The lowest BCUT2D eigenvalue weighted by molar-refractivity contribution is 0.0691. The third kappa shape index (κ3) is 2.16. The van der Waals surface area contributed by atoms with Gasteiger partial charge in [0.25, 0.3) is 0 Å². The topological polar surface area (TPSA) is 112 Å². The first-order chi connectivity index (χ1) is 9.65. The minimum Gasteiger partial charge on any atom is -0.476 e. The van der Waals surface area contributed by atoms with E-state index in [2.05, 4.69) is 25.7 Å². The van der Waals surface area contributed by atoms with Crippen LogP contribution in [0.5, 0.6) is 0 Å². The van der Waals surface area contributed by atoms with Gasteiger partial charge in [0.05, 0.1) is 11.9 Å². The molecule has 0 saturated heterocycles. The fourth-order valence-corrected chi connectivity index (χ4v) is 2.52. The Morgan fingerprint density at radius 2 is 2.25 bits per heavy atom. The van der Waals surface area contributed by atoms with Gasteiger partial charge in [-0.1, -0.05) is 11.3 Å². The van der Waals surface area contributed by atoms with E-state index in [9.17, 15) is 9.90 Å². The zero-order chi connectivity index (χ0) is 14.1. The summed E-state index contributed by atoms with van der Waals surface area (Å²) < 4.78 is 1.46. The molecule has 0 radical (unpaired) electrons. The summed E-state index contributed by atoms with van der Waals surface area (Å²) >= 11 is 1.42.